The number of amides is 3. The second kappa shape index (κ2) is 46.4. The maximum absolute atomic E-state index is 12.9. The Bertz CT molecular complexity index is 1230. The number of carbonyl (C=O) groups is 3. The normalized spacial score (nSPS) is 11.7. The molecule has 7 N–H and O–H groups in total. The Balaban J connectivity index is -0.000000970. The number of aliphatic hydroxyl groups excluding tert-OH is 6. The van der Waals surface area contributed by atoms with Crippen molar-refractivity contribution < 1.29 is 45.0 Å². The minimum Gasteiger partial charge on any atom is -0.395 e. The molecule has 0 fully saturated rings. The van der Waals surface area contributed by atoms with E-state index in [4.69, 9.17) is 10.2 Å². The molecule has 0 bridgehead atoms. The maximum atomic E-state index is 12.9. The lowest BCUT2D eigenvalue weighted by Crippen LogP contribution is -2.59. The first-order valence-electron chi connectivity index (χ1n) is 28.2. The van der Waals surface area contributed by atoms with Crippen molar-refractivity contribution in [1.82, 2.24) is 20.0 Å². The highest BCUT2D eigenvalue weighted by Gasteiger charge is 2.42. The van der Waals surface area contributed by atoms with Crippen molar-refractivity contribution >= 4 is 17.7 Å². The third kappa shape index (κ3) is 30.6. The summed E-state index contributed by atoms with van der Waals surface area (Å²) < 4.78 is 0. The Morgan fingerprint density at radius 2 is 0.829 bits per heavy atom. The third-order valence-corrected chi connectivity index (χ3v) is 13.6. The smallest absolute Gasteiger partial charge is 0.249 e. The van der Waals surface area contributed by atoms with Crippen LogP contribution in [0.4, 0.5) is 0 Å². The minimum atomic E-state index is -0.556. The summed E-state index contributed by atoms with van der Waals surface area (Å²) in [6.45, 7) is 29.4. The van der Waals surface area contributed by atoms with Gasteiger partial charge in [0.25, 0.3) is 0 Å². The number of nitrogens with zero attached hydrogens (tertiary/aromatic N) is 3. The molecular formula is C57H114N4O9. The van der Waals surface area contributed by atoms with Gasteiger partial charge in [-0.25, -0.2) is 0 Å². The van der Waals surface area contributed by atoms with E-state index in [1.54, 1.807) is 23.6 Å². The molecule has 0 atom stereocenters. The molecule has 13 heteroatoms. The SMILES string of the molecule is C=C(C)C(=O)N(C(CO)CO)C(CCCC)(CCCC)CCCC.C=C(C)C(=O)N(C(CO)CO)C(CCCC)CCCC.CCCCC(CCCC)(CCCC)NC(=O)CCCN(CCO)CCO. The number of aliphatic hydroxyl groups is 6. The number of hydrogen-bond donors (Lipinski definition) is 7. The van der Waals surface area contributed by atoms with Crippen LogP contribution in [0.3, 0.4) is 0 Å². The molecule has 0 aromatic heterocycles. The van der Waals surface area contributed by atoms with Gasteiger partial charge >= 0.3 is 0 Å². The summed E-state index contributed by atoms with van der Waals surface area (Å²) in [5, 5.41) is 60.0. The fourth-order valence-corrected chi connectivity index (χ4v) is 9.38. The van der Waals surface area contributed by atoms with Crippen LogP contribution >= 0.6 is 0 Å². The number of carbonyl (C=O) groups excluding carboxylic acids is 3. The predicted octanol–water partition coefficient (Wildman–Crippen LogP) is 10.0. The predicted molar refractivity (Wildman–Crippen MR) is 293 cm³/mol. The van der Waals surface area contributed by atoms with Gasteiger partial charge < -0.3 is 45.8 Å². The summed E-state index contributed by atoms with van der Waals surface area (Å²) in [4.78, 5) is 43.4. The van der Waals surface area contributed by atoms with E-state index in [-0.39, 0.29) is 74.5 Å². The van der Waals surface area contributed by atoms with Gasteiger partial charge in [-0.3, -0.25) is 19.3 Å². The quantitative estimate of drug-likeness (QED) is 0.0289. The average Bonchev–Trinajstić information content (AvgIpc) is 3.35. The van der Waals surface area contributed by atoms with Crippen molar-refractivity contribution in [2.75, 3.05) is 59.3 Å². The van der Waals surface area contributed by atoms with Gasteiger partial charge in [0.15, 0.2) is 0 Å². The zero-order chi connectivity index (χ0) is 53.8. The monoisotopic (exact) mass is 999 g/mol. The van der Waals surface area contributed by atoms with Gasteiger partial charge in [-0.1, -0.05) is 171 Å². The van der Waals surface area contributed by atoms with Crippen LogP contribution in [0.1, 0.15) is 236 Å². The highest BCUT2D eigenvalue weighted by Crippen LogP contribution is 2.37. The molecule has 3 amide bonds. The molecule has 13 nitrogen and oxygen atoms in total. The van der Waals surface area contributed by atoms with Gasteiger partial charge in [0, 0.05) is 47.8 Å². The van der Waals surface area contributed by atoms with Crippen molar-refractivity contribution in [1.29, 1.82) is 0 Å². The van der Waals surface area contributed by atoms with Gasteiger partial charge in [0.2, 0.25) is 17.7 Å². The number of nitrogens with one attached hydrogen (secondary N) is 1. The summed E-state index contributed by atoms with van der Waals surface area (Å²) in [7, 11) is 0. The summed E-state index contributed by atoms with van der Waals surface area (Å²) in [6.07, 6.45) is 26.6. The molecule has 0 spiro atoms. The average molecular weight is 1000 g/mol. The van der Waals surface area contributed by atoms with Gasteiger partial charge in [-0.15, -0.1) is 0 Å². The van der Waals surface area contributed by atoms with E-state index in [1.165, 1.54) is 0 Å². The highest BCUT2D eigenvalue weighted by molar-refractivity contribution is 5.93. The van der Waals surface area contributed by atoms with Crippen molar-refractivity contribution in [2.45, 2.75) is 265 Å². The lowest BCUT2D eigenvalue weighted by Gasteiger charge is -2.48. The molecule has 0 aromatic rings. The molecule has 0 saturated carbocycles. The zero-order valence-corrected chi connectivity index (χ0v) is 47.1. The number of rotatable bonds is 43. The second-order valence-corrected chi connectivity index (χ2v) is 20.0. The zero-order valence-electron chi connectivity index (χ0n) is 47.1. The van der Waals surface area contributed by atoms with E-state index < -0.39 is 12.1 Å². The fourth-order valence-electron chi connectivity index (χ4n) is 9.38. The van der Waals surface area contributed by atoms with Gasteiger partial charge in [-0.2, -0.15) is 0 Å². The molecule has 0 rings (SSSR count). The van der Waals surface area contributed by atoms with Crippen LogP contribution in [-0.4, -0.2) is 152 Å². The molecule has 0 heterocycles. The largest absolute Gasteiger partial charge is 0.395 e. The Kier molecular flexibility index (Phi) is 47.6. The van der Waals surface area contributed by atoms with Crippen LogP contribution in [0.5, 0.6) is 0 Å². The standard InChI is InChI=1S/C21H44N2O3.C20H39NO3.C16H31NO3/c1-4-7-12-21(13-8-5-2,14-9-6-3)22-20(26)11-10-15-23(16-18-24)17-19-25;1-6-9-12-20(13-10-7-2,14-11-8-3)21(18(15-22)16-23)19(24)17(4)5;1-5-7-9-14(10-8-6-2)17(15(11-18)12-19)16(20)13(3)4/h24-25H,4-19H2,1-3H3,(H,22,26);18,22-23H,4,6-16H2,1-3,5H3;14-15,18-19H,3,5-12H2,1-2,4H3. The Morgan fingerprint density at radius 1 is 0.471 bits per heavy atom. The van der Waals surface area contributed by atoms with Crippen LogP contribution < -0.4 is 5.32 Å². The van der Waals surface area contributed by atoms with E-state index in [1.807, 2.05) is 4.90 Å². The Labute approximate surface area is 430 Å². The summed E-state index contributed by atoms with van der Waals surface area (Å²) in [6, 6.07) is -1.01. The summed E-state index contributed by atoms with van der Waals surface area (Å²) in [5.41, 5.74) is 0.592. The van der Waals surface area contributed by atoms with Crippen LogP contribution in [0.2, 0.25) is 0 Å². The van der Waals surface area contributed by atoms with E-state index in [2.05, 4.69) is 73.9 Å². The molecule has 0 aromatic carbocycles. The molecule has 0 saturated heterocycles. The molecule has 0 aliphatic rings. The maximum Gasteiger partial charge on any atom is 0.249 e. The van der Waals surface area contributed by atoms with E-state index in [0.717, 1.165) is 167 Å². The fraction of sp³-hybridized carbons (Fsp3) is 0.877. The summed E-state index contributed by atoms with van der Waals surface area (Å²) in [5.74, 6) is -0.136. The highest BCUT2D eigenvalue weighted by atomic mass is 16.3. The van der Waals surface area contributed by atoms with Crippen molar-refractivity contribution in [3.8, 4) is 0 Å². The number of hydrogen-bond acceptors (Lipinski definition) is 10. The first-order valence-corrected chi connectivity index (χ1v) is 28.2. The van der Waals surface area contributed by atoms with Crippen LogP contribution in [0, 0.1) is 0 Å². The molecule has 0 radical (unpaired) electrons. The molecule has 416 valence electrons. The van der Waals surface area contributed by atoms with Crippen molar-refractivity contribution in [2.24, 2.45) is 0 Å². The van der Waals surface area contributed by atoms with Crippen molar-refractivity contribution in [3.63, 3.8) is 0 Å². The Morgan fingerprint density at radius 3 is 1.14 bits per heavy atom. The van der Waals surface area contributed by atoms with E-state index in [0.29, 0.717) is 30.7 Å². The van der Waals surface area contributed by atoms with E-state index in [9.17, 15) is 34.8 Å². The minimum absolute atomic E-state index is 0.0327. The first kappa shape index (κ1) is 71.9. The van der Waals surface area contributed by atoms with Gasteiger partial charge in [0.05, 0.1) is 51.7 Å². The molecule has 70 heavy (non-hydrogen) atoms. The molecule has 0 aliphatic heterocycles. The lowest BCUT2D eigenvalue weighted by atomic mass is 9.79. The van der Waals surface area contributed by atoms with Crippen LogP contribution in [-0.2, 0) is 14.4 Å². The van der Waals surface area contributed by atoms with Crippen molar-refractivity contribution in [3.05, 3.63) is 24.3 Å². The molecular weight excluding hydrogens is 885 g/mol. The van der Waals surface area contributed by atoms with Crippen LogP contribution in [0.25, 0.3) is 0 Å². The topological polar surface area (TPSA) is 194 Å². The van der Waals surface area contributed by atoms with Gasteiger partial charge in [0.1, 0.15) is 0 Å². The van der Waals surface area contributed by atoms with Crippen LogP contribution in [0.15, 0.2) is 24.3 Å². The molecule has 0 aliphatic carbocycles. The van der Waals surface area contributed by atoms with E-state index >= 15 is 0 Å². The van der Waals surface area contributed by atoms with Gasteiger partial charge in [-0.05, 0) is 78.2 Å². The summed E-state index contributed by atoms with van der Waals surface area (Å²) >= 11 is 0. The third-order valence-electron chi connectivity index (χ3n) is 13.6. The second-order valence-electron chi connectivity index (χ2n) is 20.0. The lowest BCUT2D eigenvalue weighted by molar-refractivity contribution is -0.142. The first-order chi connectivity index (χ1) is 33.5. The molecule has 0 unspecified atom stereocenters. The number of unbranched alkanes of at least 4 members (excludes halogenated alkanes) is 8. The Hall–Kier alpha value is -2.39.